The van der Waals surface area contributed by atoms with Gasteiger partial charge < -0.3 is 0 Å². The van der Waals surface area contributed by atoms with Crippen molar-refractivity contribution in [3.05, 3.63) is 53.1 Å². The molecular weight excluding hydrogens is 290 g/mol. The molecule has 1 aromatic carbocycles. The van der Waals surface area contributed by atoms with Crippen LogP contribution in [0.4, 0.5) is 8.78 Å². The first-order chi connectivity index (χ1) is 11.2. The maximum Gasteiger partial charge on any atom is 0.166 e. The van der Waals surface area contributed by atoms with E-state index in [9.17, 15) is 8.78 Å². The Hall–Kier alpha value is -1.44. The van der Waals surface area contributed by atoms with Gasteiger partial charge in [-0.15, -0.1) is 0 Å². The summed E-state index contributed by atoms with van der Waals surface area (Å²) >= 11 is 0. The Morgan fingerprint density at radius 2 is 2.04 bits per heavy atom. The third-order valence-electron chi connectivity index (χ3n) is 4.80. The Kier molecular flexibility index (Phi) is 7.01. The summed E-state index contributed by atoms with van der Waals surface area (Å²) in [7, 11) is 0. The lowest BCUT2D eigenvalue weighted by Gasteiger charge is -2.22. The highest BCUT2D eigenvalue weighted by atomic mass is 19.2. The van der Waals surface area contributed by atoms with Gasteiger partial charge in [0.25, 0.3) is 0 Å². The maximum absolute atomic E-state index is 14.4. The molecule has 0 aromatic heterocycles. The first kappa shape index (κ1) is 17.9. The van der Waals surface area contributed by atoms with Gasteiger partial charge in [-0.05, 0) is 68.9 Å². The zero-order valence-electron chi connectivity index (χ0n) is 14.4. The molecule has 23 heavy (non-hydrogen) atoms. The van der Waals surface area contributed by atoms with Crippen molar-refractivity contribution in [1.29, 1.82) is 0 Å². The molecule has 0 saturated heterocycles. The predicted molar refractivity (Wildman–Crippen MR) is 94.3 cm³/mol. The monoisotopic (exact) mass is 318 g/mol. The molecule has 1 aliphatic rings. The lowest BCUT2D eigenvalue weighted by molar-refractivity contribution is 0.451. The molecular formula is C21H28F2. The van der Waals surface area contributed by atoms with Gasteiger partial charge in [0.15, 0.2) is 11.6 Å². The van der Waals surface area contributed by atoms with Crippen LogP contribution in [0.15, 0.2) is 30.4 Å². The van der Waals surface area contributed by atoms with Crippen molar-refractivity contribution in [3.8, 4) is 0 Å². The van der Waals surface area contributed by atoms with E-state index >= 15 is 0 Å². The minimum atomic E-state index is -0.655. The summed E-state index contributed by atoms with van der Waals surface area (Å²) in [6, 6.07) is 3.54. The van der Waals surface area contributed by atoms with Crippen LogP contribution in [0.2, 0.25) is 0 Å². The Labute approximate surface area is 139 Å². The van der Waals surface area contributed by atoms with Crippen molar-refractivity contribution in [1.82, 2.24) is 0 Å². The lowest BCUT2D eigenvalue weighted by atomic mass is 9.84. The zero-order chi connectivity index (χ0) is 16.7. The maximum atomic E-state index is 14.4. The van der Waals surface area contributed by atoms with E-state index < -0.39 is 11.6 Å². The number of hydrogen-bond acceptors (Lipinski definition) is 0. The zero-order valence-corrected chi connectivity index (χ0v) is 14.4. The van der Waals surface area contributed by atoms with Crippen molar-refractivity contribution >= 4 is 5.57 Å². The van der Waals surface area contributed by atoms with E-state index in [1.54, 1.807) is 12.1 Å². The van der Waals surface area contributed by atoms with E-state index in [0.29, 0.717) is 23.5 Å². The molecule has 2 rings (SSSR count). The van der Waals surface area contributed by atoms with Gasteiger partial charge in [-0.2, -0.15) is 0 Å². The minimum Gasteiger partial charge on any atom is -0.203 e. The van der Waals surface area contributed by atoms with Gasteiger partial charge in [-0.1, -0.05) is 43.7 Å². The second-order valence-electron chi connectivity index (χ2n) is 6.52. The van der Waals surface area contributed by atoms with Crippen molar-refractivity contribution in [3.63, 3.8) is 0 Å². The predicted octanol–water partition coefficient (Wildman–Crippen LogP) is 6.85. The van der Waals surface area contributed by atoms with Crippen molar-refractivity contribution in [2.24, 2.45) is 5.92 Å². The first-order valence-electron chi connectivity index (χ1n) is 8.94. The molecule has 0 amide bonds. The van der Waals surface area contributed by atoms with Gasteiger partial charge in [-0.3, -0.25) is 0 Å². The van der Waals surface area contributed by atoms with E-state index in [4.69, 9.17) is 0 Å². The molecule has 0 fully saturated rings. The molecule has 1 aliphatic carbocycles. The van der Waals surface area contributed by atoms with Crippen LogP contribution in [-0.4, -0.2) is 0 Å². The van der Waals surface area contributed by atoms with Gasteiger partial charge in [0.1, 0.15) is 0 Å². The molecule has 1 aromatic rings. The Morgan fingerprint density at radius 1 is 1.22 bits per heavy atom. The number of aryl methyl sites for hydroxylation is 1. The summed E-state index contributed by atoms with van der Waals surface area (Å²) in [5.74, 6) is -0.629. The standard InChI is InChI=1S/C21H28F2/c1-3-5-7-8-16-10-12-17(13-11-16)19-15-14-18(9-6-4-2)20(22)21(19)23/h3,5,12,14-16H,4,6-11,13H2,1-2H3/b5-3+. The van der Waals surface area contributed by atoms with Gasteiger partial charge in [0, 0.05) is 5.56 Å². The summed E-state index contributed by atoms with van der Waals surface area (Å²) in [4.78, 5) is 0. The van der Waals surface area contributed by atoms with Crippen molar-refractivity contribution in [2.45, 2.75) is 65.2 Å². The van der Waals surface area contributed by atoms with E-state index in [-0.39, 0.29) is 0 Å². The van der Waals surface area contributed by atoms with E-state index in [0.717, 1.165) is 44.1 Å². The molecule has 1 atom stereocenters. The van der Waals surface area contributed by atoms with Gasteiger partial charge in [0.2, 0.25) is 0 Å². The summed E-state index contributed by atoms with van der Waals surface area (Å²) in [6.07, 6.45) is 14.1. The highest BCUT2D eigenvalue weighted by molar-refractivity contribution is 5.67. The van der Waals surface area contributed by atoms with Crippen molar-refractivity contribution in [2.75, 3.05) is 0 Å². The summed E-state index contributed by atoms with van der Waals surface area (Å²) < 4.78 is 28.6. The van der Waals surface area contributed by atoms with Gasteiger partial charge in [0.05, 0.1) is 0 Å². The number of allylic oxidation sites excluding steroid dienone is 4. The molecule has 0 spiro atoms. The second kappa shape index (κ2) is 9.00. The molecule has 0 bridgehead atoms. The summed E-state index contributed by atoms with van der Waals surface area (Å²) in [5, 5.41) is 0. The molecule has 126 valence electrons. The molecule has 1 unspecified atom stereocenters. The Balaban J connectivity index is 2.06. The molecule has 2 heteroatoms. The number of unbranched alkanes of at least 4 members (excludes halogenated alkanes) is 1. The first-order valence-corrected chi connectivity index (χ1v) is 8.94. The van der Waals surface area contributed by atoms with Crippen molar-refractivity contribution < 1.29 is 8.78 Å². The SMILES string of the molecule is C/C=C/CCC1CC=C(c2ccc(CCCC)c(F)c2F)CC1. The fourth-order valence-corrected chi connectivity index (χ4v) is 3.29. The largest absolute Gasteiger partial charge is 0.203 e. The topological polar surface area (TPSA) is 0 Å². The van der Waals surface area contributed by atoms with E-state index in [2.05, 4.69) is 25.2 Å². The van der Waals surface area contributed by atoms with Crippen LogP contribution in [0, 0.1) is 17.6 Å². The quantitative estimate of drug-likeness (QED) is 0.482. The highest BCUT2D eigenvalue weighted by Crippen LogP contribution is 2.34. The number of hydrogen-bond donors (Lipinski definition) is 0. The van der Waals surface area contributed by atoms with Crippen LogP contribution in [0.25, 0.3) is 5.57 Å². The molecule has 0 radical (unpaired) electrons. The van der Waals surface area contributed by atoms with Gasteiger partial charge >= 0.3 is 0 Å². The summed E-state index contributed by atoms with van der Waals surface area (Å²) in [6.45, 7) is 4.10. The minimum absolute atomic E-state index is 0.467. The molecule has 0 aliphatic heterocycles. The average molecular weight is 318 g/mol. The second-order valence-corrected chi connectivity index (χ2v) is 6.52. The third kappa shape index (κ3) is 4.76. The number of benzene rings is 1. The number of rotatable bonds is 7. The molecule has 0 nitrogen and oxygen atoms in total. The Bertz CT molecular complexity index is 569. The average Bonchev–Trinajstić information content (AvgIpc) is 2.57. The van der Waals surface area contributed by atoms with Crippen LogP contribution >= 0.6 is 0 Å². The van der Waals surface area contributed by atoms with Crippen LogP contribution in [0.1, 0.15) is 69.9 Å². The van der Waals surface area contributed by atoms with E-state index in [1.165, 1.54) is 6.42 Å². The van der Waals surface area contributed by atoms with E-state index in [1.807, 2.05) is 6.92 Å². The smallest absolute Gasteiger partial charge is 0.166 e. The van der Waals surface area contributed by atoms with Gasteiger partial charge in [-0.25, -0.2) is 8.78 Å². The third-order valence-corrected chi connectivity index (χ3v) is 4.80. The molecule has 0 saturated carbocycles. The summed E-state index contributed by atoms with van der Waals surface area (Å²) in [5.41, 5.74) is 1.95. The van der Waals surface area contributed by atoms with Crippen LogP contribution in [0.3, 0.4) is 0 Å². The lowest BCUT2D eigenvalue weighted by Crippen LogP contribution is -2.07. The molecule has 0 heterocycles. The number of halogens is 2. The normalized spacial score (nSPS) is 18.4. The molecule has 0 N–H and O–H groups in total. The van der Waals surface area contributed by atoms with Crippen LogP contribution in [-0.2, 0) is 6.42 Å². The fourth-order valence-electron chi connectivity index (χ4n) is 3.29. The van der Waals surface area contributed by atoms with Crippen LogP contribution < -0.4 is 0 Å². The fraction of sp³-hybridized carbons (Fsp3) is 0.524. The highest BCUT2D eigenvalue weighted by Gasteiger charge is 2.20. The Morgan fingerprint density at radius 3 is 2.70 bits per heavy atom. The van der Waals surface area contributed by atoms with Crippen LogP contribution in [0.5, 0.6) is 0 Å².